The molecular weight excluding hydrogens is 380 g/mol. The number of rotatable bonds is 8. The minimum absolute atomic E-state index is 0.706. The summed E-state index contributed by atoms with van der Waals surface area (Å²) in [6, 6.07) is 32.8. The van der Waals surface area contributed by atoms with Gasteiger partial charge in [-0.15, -0.1) is 0 Å². The second-order valence-corrected chi connectivity index (χ2v) is 7.62. The number of hydrogen-bond donors (Lipinski definition) is 4. The third kappa shape index (κ3) is 5.37. The van der Waals surface area contributed by atoms with Crippen LogP contribution in [0.5, 0.6) is 0 Å². The highest BCUT2D eigenvalue weighted by Crippen LogP contribution is 2.36. The fraction of sp³-hybridized carbons (Fsp3) is 0.111. The van der Waals surface area contributed by atoms with Gasteiger partial charge in [-0.3, -0.25) is 0 Å². The van der Waals surface area contributed by atoms with Crippen molar-refractivity contribution in [3.63, 3.8) is 0 Å². The molecule has 0 atom stereocenters. The largest absolute Gasteiger partial charge is 0.399 e. The maximum Gasteiger partial charge on any atom is 0.0443 e. The highest BCUT2D eigenvalue weighted by molar-refractivity contribution is 5.90. The zero-order chi connectivity index (χ0) is 21.5. The predicted octanol–water partition coefficient (Wildman–Crippen LogP) is 5.78. The van der Waals surface area contributed by atoms with Crippen LogP contribution in [-0.4, -0.2) is 6.54 Å². The average Bonchev–Trinajstić information content (AvgIpc) is 2.79. The zero-order valence-electron chi connectivity index (χ0n) is 17.5. The van der Waals surface area contributed by atoms with Crippen molar-refractivity contribution in [1.82, 2.24) is 0 Å². The van der Waals surface area contributed by atoms with E-state index in [0.717, 1.165) is 47.7 Å². The number of nitrogens with one attached hydrogen (secondary N) is 2. The van der Waals surface area contributed by atoms with Gasteiger partial charge >= 0.3 is 0 Å². The lowest BCUT2D eigenvalue weighted by atomic mass is 10.00. The van der Waals surface area contributed by atoms with E-state index in [2.05, 4.69) is 59.2 Å². The molecule has 4 heteroatoms. The average molecular weight is 409 g/mol. The molecule has 0 aromatic heterocycles. The van der Waals surface area contributed by atoms with E-state index in [1.165, 1.54) is 11.1 Å². The molecule has 0 aliphatic heterocycles. The lowest BCUT2D eigenvalue weighted by Crippen LogP contribution is -2.06. The number of hydrogen-bond acceptors (Lipinski definition) is 4. The highest BCUT2D eigenvalue weighted by atomic mass is 14.9. The fourth-order valence-electron chi connectivity index (χ4n) is 3.73. The Balaban J connectivity index is 1.54. The topological polar surface area (TPSA) is 76.1 Å². The first-order chi connectivity index (χ1) is 15.2. The van der Waals surface area contributed by atoms with Crippen molar-refractivity contribution in [1.29, 1.82) is 0 Å². The second-order valence-electron chi connectivity index (χ2n) is 7.62. The van der Waals surface area contributed by atoms with Crippen LogP contribution in [0.15, 0.2) is 97.1 Å². The molecule has 4 nitrogen and oxygen atoms in total. The first-order valence-electron chi connectivity index (χ1n) is 10.5. The van der Waals surface area contributed by atoms with Crippen LogP contribution in [0.4, 0.5) is 22.7 Å². The quantitative estimate of drug-likeness (QED) is 0.279. The van der Waals surface area contributed by atoms with Gasteiger partial charge in [0, 0.05) is 41.4 Å². The molecule has 0 aliphatic rings. The maximum absolute atomic E-state index is 6.40. The van der Waals surface area contributed by atoms with Crippen LogP contribution in [0.2, 0.25) is 0 Å². The van der Waals surface area contributed by atoms with Crippen LogP contribution in [0.1, 0.15) is 11.1 Å². The van der Waals surface area contributed by atoms with Crippen LogP contribution >= 0.6 is 0 Å². The van der Waals surface area contributed by atoms with Gasteiger partial charge in [0.25, 0.3) is 0 Å². The summed E-state index contributed by atoms with van der Waals surface area (Å²) in [5.41, 5.74) is 20.5. The van der Waals surface area contributed by atoms with Crippen LogP contribution < -0.4 is 22.1 Å². The summed E-state index contributed by atoms with van der Waals surface area (Å²) >= 11 is 0. The Kier molecular flexibility index (Phi) is 6.38. The number of benzene rings is 4. The Bertz CT molecular complexity index is 1120. The third-order valence-electron chi connectivity index (χ3n) is 5.25. The molecule has 0 aliphatic carbocycles. The van der Waals surface area contributed by atoms with Crippen molar-refractivity contribution < 1.29 is 0 Å². The minimum atomic E-state index is 0.706. The molecule has 4 rings (SSSR count). The van der Waals surface area contributed by atoms with E-state index in [-0.39, 0.29) is 0 Å². The van der Waals surface area contributed by atoms with E-state index in [4.69, 9.17) is 11.5 Å². The van der Waals surface area contributed by atoms with E-state index < -0.39 is 0 Å². The molecule has 0 saturated carbocycles. The van der Waals surface area contributed by atoms with Crippen molar-refractivity contribution >= 4 is 22.7 Å². The second kappa shape index (κ2) is 9.72. The number of anilines is 4. The van der Waals surface area contributed by atoms with E-state index in [1.807, 2.05) is 48.5 Å². The van der Waals surface area contributed by atoms with Gasteiger partial charge < -0.3 is 22.1 Å². The molecule has 0 heterocycles. The Morgan fingerprint density at radius 1 is 0.645 bits per heavy atom. The zero-order valence-corrected chi connectivity index (χ0v) is 17.5. The first kappa shape index (κ1) is 20.4. The summed E-state index contributed by atoms with van der Waals surface area (Å²) in [5, 5.41) is 7.03. The third-order valence-corrected chi connectivity index (χ3v) is 5.25. The Morgan fingerprint density at radius 2 is 1.35 bits per heavy atom. The standard InChI is InChI=1S/C27H28N4/c28-23-16-22(17-24(18-23)30-15-14-20-8-3-1-4-9-20)27-25(29)12-7-13-26(27)31-19-21-10-5-2-6-11-21/h1-13,16-18,30-31H,14-15,19,28-29H2. The van der Waals surface area contributed by atoms with Crippen LogP contribution in [0.3, 0.4) is 0 Å². The molecule has 0 fully saturated rings. The monoisotopic (exact) mass is 408 g/mol. The van der Waals surface area contributed by atoms with Crippen molar-refractivity contribution in [2.75, 3.05) is 28.6 Å². The maximum atomic E-state index is 6.40. The Labute approximate surface area is 183 Å². The summed E-state index contributed by atoms with van der Waals surface area (Å²) in [6.45, 7) is 1.55. The predicted molar refractivity (Wildman–Crippen MR) is 133 cm³/mol. The molecule has 0 spiro atoms. The lowest BCUT2D eigenvalue weighted by molar-refractivity contribution is 1.02. The van der Waals surface area contributed by atoms with Crippen LogP contribution in [-0.2, 0) is 13.0 Å². The van der Waals surface area contributed by atoms with Crippen molar-refractivity contribution in [3.8, 4) is 11.1 Å². The summed E-state index contributed by atoms with van der Waals surface area (Å²) < 4.78 is 0. The summed E-state index contributed by atoms with van der Waals surface area (Å²) in [5.74, 6) is 0. The number of nitrogen functional groups attached to an aromatic ring is 2. The minimum Gasteiger partial charge on any atom is -0.399 e. The summed E-state index contributed by atoms with van der Waals surface area (Å²) in [7, 11) is 0. The molecule has 0 unspecified atom stereocenters. The van der Waals surface area contributed by atoms with Crippen molar-refractivity contribution in [3.05, 3.63) is 108 Å². The lowest BCUT2D eigenvalue weighted by Gasteiger charge is -2.17. The molecule has 4 aromatic rings. The SMILES string of the molecule is Nc1cc(NCCc2ccccc2)cc(-c2c(N)cccc2NCc2ccccc2)c1. The molecule has 4 aromatic carbocycles. The molecular formula is C27H28N4. The first-order valence-corrected chi connectivity index (χ1v) is 10.5. The van der Waals surface area contributed by atoms with E-state index in [9.17, 15) is 0 Å². The molecule has 0 bridgehead atoms. The summed E-state index contributed by atoms with van der Waals surface area (Å²) in [4.78, 5) is 0. The van der Waals surface area contributed by atoms with Crippen molar-refractivity contribution in [2.45, 2.75) is 13.0 Å². The molecule has 0 radical (unpaired) electrons. The van der Waals surface area contributed by atoms with Crippen LogP contribution in [0.25, 0.3) is 11.1 Å². The van der Waals surface area contributed by atoms with Gasteiger partial charge in [0.2, 0.25) is 0 Å². The summed E-state index contributed by atoms with van der Waals surface area (Å²) in [6.07, 6.45) is 0.947. The molecule has 0 saturated heterocycles. The van der Waals surface area contributed by atoms with E-state index in [0.29, 0.717) is 5.69 Å². The van der Waals surface area contributed by atoms with Gasteiger partial charge in [-0.1, -0.05) is 66.7 Å². The Hall–Kier alpha value is -3.92. The van der Waals surface area contributed by atoms with Gasteiger partial charge in [-0.2, -0.15) is 0 Å². The normalized spacial score (nSPS) is 10.6. The van der Waals surface area contributed by atoms with E-state index >= 15 is 0 Å². The molecule has 6 N–H and O–H groups in total. The fourth-order valence-corrected chi connectivity index (χ4v) is 3.73. The van der Waals surface area contributed by atoms with Crippen LogP contribution in [0, 0.1) is 0 Å². The molecule has 31 heavy (non-hydrogen) atoms. The van der Waals surface area contributed by atoms with E-state index in [1.54, 1.807) is 0 Å². The van der Waals surface area contributed by atoms with Gasteiger partial charge in [-0.05, 0) is 53.4 Å². The number of nitrogens with two attached hydrogens (primary N) is 2. The van der Waals surface area contributed by atoms with Gasteiger partial charge in [0.15, 0.2) is 0 Å². The smallest absolute Gasteiger partial charge is 0.0443 e. The van der Waals surface area contributed by atoms with Crippen molar-refractivity contribution in [2.24, 2.45) is 0 Å². The molecule has 156 valence electrons. The Morgan fingerprint density at radius 3 is 2.10 bits per heavy atom. The van der Waals surface area contributed by atoms with Gasteiger partial charge in [-0.25, -0.2) is 0 Å². The van der Waals surface area contributed by atoms with Gasteiger partial charge in [0.05, 0.1) is 0 Å². The van der Waals surface area contributed by atoms with Gasteiger partial charge in [0.1, 0.15) is 0 Å². The highest BCUT2D eigenvalue weighted by Gasteiger charge is 2.11. The molecule has 0 amide bonds.